The minimum atomic E-state index is 0.0328. The second kappa shape index (κ2) is 8.00. The van der Waals surface area contributed by atoms with Crippen LogP contribution in [0.15, 0.2) is 40.8 Å². The van der Waals surface area contributed by atoms with Gasteiger partial charge in [0.25, 0.3) is 0 Å². The Morgan fingerprint density at radius 1 is 0.806 bits per heavy atom. The summed E-state index contributed by atoms with van der Waals surface area (Å²) in [5.41, 5.74) is 4.66. The van der Waals surface area contributed by atoms with Gasteiger partial charge in [0.2, 0.25) is 18.6 Å². The van der Waals surface area contributed by atoms with Crippen molar-refractivity contribution in [2.75, 3.05) is 6.79 Å². The molecule has 0 spiro atoms. The van der Waals surface area contributed by atoms with Crippen LogP contribution in [0.1, 0.15) is 64.1 Å². The standard InChI is InChI=1S/C25H31N3O3/c1-24(2,3)18-10-17(11-19(12-18)25(4,5)6)23-28-27-22(31-23)14-26-13-16-7-8-20-21(9-16)30-15-29-20/h7-12,26H,13-15H2,1-6H3. The largest absolute Gasteiger partial charge is 0.454 e. The predicted octanol–water partition coefficient (Wildman–Crippen LogP) is 5.35. The van der Waals surface area contributed by atoms with Gasteiger partial charge in [-0.25, -0.2) is 0 Å². The van der Waals surface area contributed by atoms with Crippen molar-refractivity contribution in [1.82, 2.24) is 15.5 Å². The summed E-state index contributed by atoms with van der Waals surface area (Å²) in [5.74, 6) is 2.69. The highest BCUT2D eigenvalue weighted by Gasteiger charge is 2.22. The quantitative estimate of drug-likeness (QED) is 0.599. The number of aromatic nitrogens is 2. The molecule has 0 atom stereocenters. The van der Waals surface area contributed by atoms with E-state index in [9.17, 15) is 0 Å². The molecule has 0 bridgehead atoms. The highest BCUT2D eigenvalue weighted by atomic mass is 16.7. The Morgan fingerprint density at radius 2 is 1.48 bits per heavy atom. The van der Waals surface area contributed by atoms with Crippen LogP contribution in [0, 0.1) is 0 Å². The van der Waals surface area contributed by atoms with Gasteiger partial charge in [-0.15, -0.1) is 10.2 Å². The van der Waals surface area contributed by atoms with E-state index in [0.717, 1.165) is 22.6 Å². The molecule has 164 valence electrons. The summed E-state index contributed by atoms with van der Waals surface area (Å²) in [6.45, 7) is 14.8. The van der Waals surface area contributed by atoms with Crippen LogP contribution in [-0.2, 0) is 23.9 Å². The van der Waals surface area contributed by atoms with E-state index in [2.05, 4.69) is 75.3 Å². The molecule has 1 aromatic heterocycles. The van der Waals surface area contributed by atoms with Crippen molar-refractivity contribution in [2.24, 2.45) is 0 Å². The van der Waals surface area contributed by atoms with Crippen molar-refractivity contribution in [3.8, 4) is 23.0 Å². The fourth-order valence-electron chi connectivity index (χ4n) is 3.42. The van der Waals surface area contributed by atoms with Crippen molar-refractivity contribution < 1.29 is 13.9 Å². The zero-order valence-electron chi connectivity index (χ0n) is 19.2. The molecule has 1 aliphatic heterocycles. The molecule has 0 radical (unpaired) electrons. The molecular weight excluding hydrogens is 390 g/mol. The zero-order valence-corrected chi connectivity index (χ0v) is 19.2. The molecule has 2 aromatic carbocycles. The average Bonchev–Trinajstić information content (AvgIpc) is 3.35. The van der Waals surface area contributed by atoms with E-state index in [-0.39, 0.29) is 17.6 Å². The maximum atomic E-state index is 5.99. The maximum Gasteiger partial charge on any atom is 0.247 e. The number of rotatable bonds is 5. The Kier molecular flexibility index (Phi) is 5.52. The van der Waals surface area contributed by atoms with Crippen LogP contribution in [0.5, 0.6) is 11.5 Å². The second-order valence-corrected chi connectivity index (χ2v) is 10.1. The lowest BCUT2D eigenvalue weighted by Gasteiger charge is -2.25. The van der Waals surface area contributed by atoms with E-state index in [1.54, 1.807) is 0 Å². The van der Waals surface area contributed by atoms with Gasteiger partial charge in [-0.2, -0.15) is 0 Å². The number of nitrogens with zero attached hydrogens (tertiary/aromatic N) is 2. The molecule has 0 saturated heterocycles. The third-order valence-electron chi connectivity index (χ3n) is 5.42. The maximum absolute atomic E-state index is 5.99. The lowest BCUT2D eigenvalue weighted by atomic mass is 9.79. The number of hydrogen-bond acceptors (Lipinski definition) is 6. The molecule has 31 heavy (non-hydrogen) atoms. The summed E-state index contributed by atoms with van der Waals surface area (Å²) in [5, 5.41) is 11.9. The minimum Gasteiger partial charge on any atom is -0.454 e. The van der Waals surface area contributed by atoms with Gasteiger partial charge in [-0.1, -0.05) is 53.7 Å². The SMILES string of the molecule is CC(C)(C)c1cc(-c2nnc(CNCc3ccc4c(c3)OCO4)o2)cc(C(C)(C)C)c1. The molecule has 0 saturated carbocycles. The topological polar surface area (TPSA) is 69.4 Å². The van der Waals surface area contributed by atoms with Crippen LogP contribution < -0.4 is 14.8 Å². The number of benzene rings is 2. The first-order valence-corrected chi connectivity index (χ1v) is 10.7. The van der Waals surface area contributed by atoms with Crippen LogP contribution in [0.3, 0.4) is 0 Å². The van der Waals surface area contributed by atoms with Crippen molar-refractivity contribution in [3.05, 3.63) is 59.0 Å². The van der Waals surface area contributed by atoms with Crippen LogP contribution in [-0.4, -0.2) is 17.0 Å². The molecule has 0 fully saturated rings. The molecule has 3 aromatic rings. The number of nitrogens with one attached hydrogen (secondary N) is 1. The van der Waals surface area contributed by atoms with E-state index in [4.69, 9.17) is 13.9 Å². The second-order valence-electron chi connectivity index (χ2n) is 10.1. The Labute approximate surface area is 184 Å². The molecule has 4 rings (SSSR count). The summed E-state index contributed by atoms with van der Waals surface area (Å²) < 4.78 is 16.8. The third-order valence-corrected chi connectivity index (χ3v) is 5.42. The van der Waals surface area contributed by atoms with E-state index in [1.807, 2.05) is 18.2 Å². The van der Waals surface area contributed by atoms with E-state index in [0.29, 0.717) is 24.9 Å². The van der Waals surface area contributed by atoms with E-state index >= 15 is 0 Å². The molecule has 6 nitrogen and oxygen atoms in total. The van der Waals surface area contributed by atoms with Gasteiger partial charge in [0, 0.05) is 12.1 Å². The number of ether oxygens (including phenoxy) is 2. The monoisotopic (exact) mass is 421 g/mol. The molecule has 1 aliphatic rings. The lowest BCUT2D eigenvalue weighted by molar-refractivity contribution is 0.174. The van der Waals surface area contributed by atoms with Gasteiger partial charge in [0.1, 0.15) is 0 Å². The molecule has 0 amide bonds. The highest BCUT2D eigenvalue weighted by Crippen LogP contribution is 2.34. The minimum absolute atomic E-state index is 0.0328. The Morgan fingerprint density at radius 3 is 2.16 bits per heavy atom. The van der Waals surface area contributed by atoms with Gasteiger partial charge in [0.05, 0.1) is 6.54 Å². The third kappa shape index (κ3) is 4.90. The molecule has 6 heteroatoms. The normalized spacial score (nSPS) is 13.6. The number of fused-ring (bicyclic) bond motifs is 1. The van der Waals surface area contributed by atoms with Crippen LogP contribution in [0.4, 0.5) is 0 Å². The summed E-state index contributed by atoms with van der Waals surface area (Å²) >= 11 is 0. The summed E-state index contributed by atoms with van der Waals surface area (Å²) in [6, 6.07) is 12.5. The van der Waals surface area contributed by atoms with Gasteiger partial charge in [-0.05, 0) is 51.8 Å². The zero-order chi connectivity index (χ0) is 22.2. The Hall–Kier alpha value is -2.86. The van der Waals surface area contributed by atoms with Gasteiger partial charge in [-0.3, -0.25) is 0 Å². The van der Waals surface area contributed by atoms with E-state index < -0.39 is 0 Å². The summed E-state index contributed by atoms with van der Waals surface area (Å²) in [4.78, 5) is 0. The lowest BCUT2D eigenvalue weighted by Crippen LogP contribution is -2.16. The highest BCUT2D eigenvalue weighted by molar-refractivity contribution is 5.57. The van der Waals surface area contributed by atoms with Crippen molar-refractivity contribution in [1.29, 1.82) is 0 Å². The Bertz CT molecular complexity index is 1040. The summed E-state index contributed by atoms with van der Waals surface area (Å²) in [6.07, 6.45) is 0. The molecule has 1 N–H and O–H groups in total. The first-order valence-electron chi connectivity index (χ1n) is 10.7. The predicted molar refractivity (Wildman–Crippen MR) is 120 cm³/mol. The van der Waals surface area contributed by atoms with Gasteiger partial charge >= 0.3 is 0 Å². The summed E-state index contributed by atoms with van der Waals surface area (Å²) in [7, 11) is 0. The van der Waals surface area contributed by atoms with Crippen molar-refractivity contribution in [2.45, 2.75) is 65.5 Å². The van der Waals surface area contributed by atoms with Crippen molar-refractivity contribution >= 4 is 0 Å². The molecule has 0 aliphatic carbocycles. The number of hydrogen-bond donors (Lipinski definition) is 1. The van der Waals surface area contributed by atoms with Crippen LogP contribution in [0.2, 0.25) is 0 Å². The first-order chi connectivity index (χ1) is 14.6. The smallest absolute Gasteiger partial charge is 0.247 e. The van der Waals surface area contributed by atoms with Gasteiger partial charge in [0.15, 0.2) is 11.5 Å². The van der Waals surface area contributed by atoms with Crippen molar-refractivity contribution in [3.63, 3.8) is 0 Å². The Balaban J connectivity index is 1.48. The van der Waals surface area contributed by atoms with Crippen LogP contribution in [0.25, 0.3) is 11.5 Å². The van der Waals surface area contributed by atoms with Gasteiger partial charge < -0.3 is 19.2 Å². The van der Waals surface area contributed by atoms with E-state index in [1.165, 1.54) is 11.1 Å². The molecule has 0 unspecified atom stereocenters. The molecule has 2 heterocycles. The first kappa shape index (κ1) is 21.4. The molecular formula is C25H31N3O3. The average molecular weight is 422 g/mol. The van der Waals surface area contributed by atoms with Crippen LogP contribution >= 0.6 is 0 Å². The fourth-order valence-corrected chi connectivity index (χ4v) is 3.42. The fraction of sp³-hybridized carbons (Fsp3) is 0.440.